The minimum atomic E-state index is -0.630. The van der Waals surface area contributed by atoms with Crippen molar-refractivity contribution in [3.8, 4) is 0 Å². The zero-order valence-corrected chi connectivity index (χ0v) is 17.7. The minimum absolute atomic E-state index is 0.0530. The summed E-state index contributed by atoms with van der Waals surface area (Å²) in [5.74, 6) is -0.178. The van der Waals surface area contributed by atoms with Gasteiger partial charge < -0.3 is 20.4 Å². The topological polar surface area (TPSA) is 108 Å². The Hall–Kier alpha value is -3.62. The van der Waals surface area contributed by atoms with Gasteiger partial charge in [0, 0.05) is 49.7 Å². The Morgan fingerprint density at radius 2 is 1.58 bits per heavy atom. The smallest absolute Gasteiger partial charge is 0.319 e. The molecule has 31 heavy (non-hydrogen) atoms. The molecule has 1 atom stereocenters. The van der Waals surface area contributed by atoms with Gasteiger partial charge in [-0.2, -0.15) is 0 Å². The Bertz CT molecular complexity index is 909. The molecule has 0 aliphatic carbocycles. The molecule has 1 saturated heterocycles. The van der Waals surface area contributed by atoms with E-state index < -0.39 is 17.0 Å². The number of nitro benzene ring substituents is 1. The fourth-order valence-electron chi connectivity index (χ4n) is 3.51. The summed E-state index contributed by atoms with van der Waals surface area (Å²) in [5.41, 5.74) is 1.60. The number of nitrogens with zero attached hydrogens (tertiary/aromatic N) is 3. The van der Waals surface area contributed by atoms with Crippen LogP contribution in [-0.4, -0.2) is 54.0 Å². The number of carbonyl (C=O) groups is 2. The van der Waals surface area contributed by atoms with Crippen LogP contribution in [0.2, 0.25) is 0 Å². The van der Waals surface area contributed by atoms with Gasteiger partial charge in [-0.15, -0.1) is 0 Å². The molecular formula is C22H27N5O4. The Morgan fingerprint density at radius 3 is 2.13 bits per heavy atom. The molecule has 1 unspecified atom stereocenters. The molecule has 0 aromatic heterocycles. The highest BCUT2D eigenvalue weighted by molar-refractivity contribution is 5.93. The van der Waals surface area contributed by atoms with Crippen LogP contribution in [0.1, 0.15) is 13.8 Å². The van der Waals surface area contributed by atoms with Crippen LogP contribution in [0, 0.1) is 16.0 Å². The standard InChI is InChI=1S/C22H27N5O4/c1-16(2)20(24-22(29)23-17-6-4-3-5-7-17)21(28)26-14-12-25(13-15-26)18-8-10-19(11-9-18)27(30)31/h3-11,16,20H,12-15H2,1-2H3,(H2,23,24,29). The Morgan fingerprint density at radius 1 is 0.968 bits per heavy atom. The molecule has 1 fully saturated rings. The van der Waals surface area contributed by atoms with Crippen LogP contribution in [0.4, 0.5) is 21.9 Å². The molecule has 1 heterocycles. The molecule has 9 nitrogen and oxygen atoms in total. The summed E-state index contributed by atoms with van der Waals surface area (Å²) in [7, 11) is 0. The summed E-state index contributed by atoms with van der Waals surface area (Å²) in [6.07, 6.45) is 0. The van der Waals surface area contributed by atoms with Gasteiger partial charge >= 0.3 is 6.03 Å². The lowest BCUT2D eigenvalue weighted by Crippen LogP contribution is -2.57. The van der Waals surface area contributed by atoms with E-state index in [1.165, 1.54) is 12.1 Å². The first-order chi connectivity index (χ1) is 14.8. The summed E-state index contributed by atoms with van der Waals surface area (Å²) < 4.78 is 0. The zero-order valence-electron chi connectivity index (χ0n) is 17.7. The lowest BCUT2D eigenvalue weighted by atomic mass is 10.0. The van der Waals surface area contributed by atoms with Crippen LogP contribution in [-0.2, 0) is 4.79 Å². The molecule has 9 heteroatoms. The summed E-state index contributed by atoms with van der Waals surface area (Å²) in [5, 5.41) is 16.4. The van der Waals surface area contributed by atoms with Crippen LogP contribution in [0.3, 0.4) is 0 Å². The Balaban J connectivity index is 1.56. The molecule has 2 aromatic carbocycles. The summed E-state index contributed by atoms with van der Waals surface area (Å²) >= 11 is 0. The van der Waals surface area contributed by atoms with Crippen molar-refractivity contribution in [2.75, 3.05) is 36.4 Å². The van der Waals surface area contributed by atoms with Crippen molar-refractivity contribution >= 4 is 29.0 Å². The van der Waals surface area contributed by atoms with Crippen molar-refractivity contribution in [3.63, 3.8) is 0 Å². The van der Waals surface area contributed by atoms with Crippen molar-refractivity contribution in [3.05, 3.63) is 64.7 Å². The van der Waals surface area contributed by atoms with Crippen molar-refractivity contribution in [2.45, 2.75) is 19.9 Å². The third kappa shape index (κ3) is 5.71. The number of benzene rings is 2. The van der Waals surface area contributed by atoms with E-state index in [4.69, 9.17) is 0 Å². The first-order valence-electron chi connectivity index (χ1n) is 10.3. The van der Waals surface area contributed by atoms with E-state index in [1.807, 2.05) is 32.0 Å². The number of carbonyl (C=O) groups excluding carboxylic acids is 2. The Kier molecular flexibility index (Phi) is 7.07. The number of amides is 3. The second-order valence-electron chi connectivity index (χ2n) is 7.77. The average Bonchev–Trinajstić information content (AvgIpc) is 2.77. The third-order valence-electron chi connectivity index (χ3n) is 5.27. The highest BCUT2D eigenvalue weighted by Crippen LogP contribution is 2.21. The maximum absolute atomic E-state index is 13.1. The van der Waals surface area contributed by atoms with E-state index in [0.717, 1.165) is 5.69 Å². The van der Waals surface area contributed by atoms with E-state index >= 15 is 0 Å². The molecule has 2 N–H and O–H groups in total. The van der Waals surface area contributed by atoms with Crippen molar-refractivity contribution in [1.29, 1.82) is 0 Å². The molecule has 0 bridgehead atoms. The monoisotopic (exact) mass is 425 g/mol. The predicted octanol–water partition coefficient (Wildman–Crippen LogP) is 3.09. The van der Waals surface area contributed by atoms with Gasteiger partial charge in [-0.05, 0) is 30.2 Å². The number of hydrogen-bond donors (Lipinski definition) is 2. The molecule has 0 radical (unpaired) electrons. The number of anilines is 2. The SMILES string of the molecule is CC(C)C(NC(=O)Nc1ccccc1)C(=O)N1CCN(c2ccc([N+](=O)[O-])cc2)CC1. The molecule has 2 aromatic rings. The van der Waals surface area contributed by atoms with Gasteiger partial charge in [-0.25, -0.2) is 4.79 Å². The van der Waals surface area contributed by atoms with E-state index in [9.17, 15) is 19.7 Å². The molecule has 0 saturated carbocycles. The van der Waals surface area contributed by atoms with Crippen molar-refractivity contribution in [2.24, 2.45) is 5.92 Å². The number of nitrogens with one attached hydrogen (secondary N) is 2. The average molecular weight is 425 g/mol. The van der Waals surface area contributed by atoms with E-state index in [2.05, 4.69) is 15.5 Å². The van der Waals surface area contributed by atoms with Gasteiger partial charge in [0.1, 0.15) is 6.04 Å². The van der Waals surface area contributed by atoms with Crippen molar-refractivity contribution < 1.29 is 14.5 Å². The molecule has 164 valence electrons. The quantitative estimate of drug-likeness (QED) is 0.546. The second kappa shape index (κ2) is 9.92. The molecule has 3 amide bonds. The second-order valence-corrected chi connectivity index (χ2v) is 7.77. The first-order valence-corrected chi connectivity index (χ1v) is 10.3. The molecule has 3 rings (SSSR count). The summed E-state index contributed by atoms with van der Waals surface area (Å²) in [4.78, 5) is 39.7. The number of urea groups is 1. The number of piperazine rings is 1. The van der Waals surface area contributed by atoms with Crippen molar-refractivity contribution in [1.82, 2.24) is 10.2 Å². The lowest BCUT2D eigenvalue weighted by Gasteiger charge is -2.38. The first kappa shape index (κ1) is 22.1. The fraction of sp³-hybridized carbons (Fsp3) is 0.364. The van der Waals surface area contributed by atoms with Crippen LogP contribution < -0.4 is 15.5 Å². The van der Waals surface area contributed by atoms with Gasteiger partial charge in [0.15, 0.2) is 0 Å². The summed E-state index contributed by atoms with van der Waals surface area (Å²) in [6, 6.07) is 14.4. The van der Waals surface area contributed by atoms with Crippen LogP contribution in [0.15, 0.2) is 54.6 Å². The van der Waals surface area contributed by atoms with Gasteiger partial charge in [0.2, 0.25) is 5.91 Å². The van der Waals surface area contributed by atoms with Gasteiger partial charge in [-0.3, -0.25) is 14.9 Å². The number of non-ortho nitro benzene ring substituents is 1. The number of hydrogen-bond acceptors (Lipinski definition) is 5. The number of rotatable bonds is 6. The molecule has 1 aliphatic rings. The van der Waals surface area contributed by atoms with E-state index in [-0.39, 0.29) is 17.5 Å². The normalized spacial score (nSPS) is 14.8. The van der Waals surface area contributed by atoms with Crippen LogP contribution >= 0.6 is 0 Å². The van der Waals surface area contributed by atoms with Gasteiger partial charge in [-0.1, -0.05) is 32.0 Å². The van der Waals surface area contributed by atoms with E-state index in [1.54, 1.807) is 29.2 Å². The largest absolute Gasteiger partial charge is 0.368 e. The third-order valence-corrected chi connectivity index (χ3v) is 5.27. The van der Waals surface area contributed by atoms with Gasteiger partial charge in [0.05, 0.1) is 4.92 Å². The number of para-hydroxylation sites is 1. The predicted molar refractivity (Wildman–Crippen MR) is 119 cm³/mol. The minimum Gasteiger partial charge on any atom is -0.368 e. The molecular weight excluding hydrogens is 398 g/mol. The maximum Gasteiger partial charge on any atom is 0.319 e. The zero-order chi connectivity index (χ0) is 22.4. The van der Waals surface area contributed by atoms with Crippen LogP contribution in [0.5, 0.6) is 0 Å². The van der Waals surface area contributed by atoms with E-state index in [0.29, 0.717) is 31.9 Å². The maximum atomic E-state index is 13.1. The van der Waals surface area contributed by atoms with Gasteiger partial charge in [0.25, 0.3) is 5.69 Å². The molecule has 1 aliphatic heterocycles. The molecule has 0 spiro atoms. The lowest BCUT2D eigenvalue weighted by molar-refractivity contribution is -0.384. The number of nitro groups is 1. The van der Waals surface area contributed by atoms with Crippen LogP contribution in [0.25, 0.3) is 0 Å². The summed E-state index contributed by atoms with van der Waals surface area (Å²) in [6.45, 7) is 6.06. The highest BCUT2D eigenvalue weighted by Gasteiger charge is 2.31. The highest BCUT2D eigenvalue weighted by atomic mass is 16.6. The fourth-order valence-corrected chi connectivity index (χ4v) is 3.51. The Labute approximate surface area is 181 Å².